The summed E-state index contributed by atoms with van der Waals surface area (Å²) in [6, 6.07) is 5.82. The number of aromatic nitrogens is 6. The van der Waals surface area contributed by atoms with Gasteiger partial charge in [-0.15, -0.1) is 10.2 Å². The minimum Gasteiger partial charge on any atom is -0.508 e. The Labute approximate surface area is 288 Å². The van der Waals surface area contributed by atoms with Crippen molar-refractivity contribution in [3.63, 3.8) is 0 Å². The van der Waals surface area contributed by atoms with Crippen LogP contribution in [0, 0.1) is 0 Å². The highest BCUT2D eigenvalue weighted by molar-refractivity contribution is 5.98. The lowest BCUT2D eigenvalue weighted by Gasteiger charge is -2.16. The van der Waals surface area contributed by atoms with Crippen LogP contribution in [-0.4, -0.2) is 92.8 Å². The number of carbonyl (C=O) groups is 2. The molecule has 16 heteroatoms. The average molecular weight is 695 g/mol. The molecule has 0 aliphatic carbocycles. The Bertz CT molecular complexity index is 1620. The maximum absolute atomic E-state index is 12.7. The summed E-state index contributed by atoms with van der Waals surface area (Å²) >= 11 is 0. The van der Waals surface area contributed by atoms with Crippen LogP contribution in [0.2, 0.25) is 0 Å². The molecule has 0 radical (unpaired) electrons. The van der Waals surface area contributed by atoms with Crippen LogP contribution in [0.25, 0.3) is 0 Å². The van der Waals surface area contributed by atoms with Gasteiger partial charge in [-0.25, -0.2) is 9.59 Å². The molecule has 0 saturated carbocycles. The van der Waals surface area contributed by atoms with Gasteiger partial charge >= 0.3 is 11.9 Å². The first kappa shape index (κ1) is 36.1. The molecule has 2 aliphatic heterocycles. The molecule has 2 aliphatic rings. The average Bonchev–Trinajstić information content (AvgIpc) is 3.78. The van der Waals surface area contributed by atoms with E-state index in [9.17, 15) is 19.8 Å². The van der Waals surface area contributed by atoms with E-state index >= 15 is 0 Å². The third kappa shape index (κ3) is 9.92. The Kier molecular flexibility index (Phi) is 13.0. The quantitative estimate of drug-likeness (QED) is 0.229. The fourth-order valence-corrected chi connectivity index (χ4v) is 5.32. The van der Waals surface area contributed by atoms with Gasteiger partial charge in [0.1, 0.15) is 34.1 Å². The van der Waals surface area contributed by atoms with E-state index in [1.54, 1.807) is 9.36 Å². The Morgan fingerprint density at radius 2 is 1.14 bits per heavy atom. The maximum atomic E-state index is 12.7. The number of phenolic OH excluding ortho intramolecular Hbond substituents is 2. The zero-order chi connectivity index (χ0) is 35.3. The first-order valence-electron chi connectivity index (χ1n) is 16.4. The molecule has 0 fully saturated rings. The van der Waals surface area contributed by atoms with Crippen LogP contribution in [-0.2, 0) is 58.1 Å². The van der Waals surface area contributed by atoms with Crippen LogP contribution < -0.4 is 9.47 Å². The van der Waals surface area contributed by atoms with Gasteiger partial charge in [0, 0.05) is 62.7 Å². The Morgan fingerprint density at radius 1 is 0.680 bits per heavy atom. The monoisotopic (exact) mass is 694 g/mol. The Balaban J connectivity index is 1.28. The van der Waals surface area contributed by atoms with Crippen molar-refractivity contribution in [3.8, 4) is 23.0 Å². The number of methoxy groups -OCH3 is 2. The molecule has 6 rings (SSSR count). The van der Waals surface area contributed by atoms with Crippen molar-refractivity contribution in [2.75, 3.05) is 40.6 Å². The molecule has 16 nitrogen and oxygen atoms in total. The molecule has 0 spiro atoms. The SMILES string of the molecule is COC(=O)c1cc2c(C(=O)OC)cc1OCCCn1cc(nn1)CCCOCc1cc(O)cc(c1O)COCCCc1cn(nn1)CCCO2. The number of nitrogens with zero attached hydrogens (tertiary/aromatic N) is 6. The smallest absolute Gasteiger partial charge is 0.341 e. The van der Waals surface area contributed by atoms with Gasteiger partial charge in [-0.1, -0.05) is 10.4 Å². The van der Waals surface area contributed by atoms with Crippen molar-refractivity contribution in [1.82, 2.24) is 30.0 Å². The highest BCUT2D eigenvalue weighted by atomic mass is 16.5. The number of esters is 2. The summed E-state index contributed by atoms with van der Waals surface area (Å²) in [5.74, 6) is -0.898. The van der Waals surface area contributed by atoms with E-state index in [1.165, 1.54) is 38.5 Å². The van der Waals surface area contributed by atoms with Crippen molar-refractivity contribution in [2.45, 2.75) is 64.8 Å². The zero-order valence-electron chi connectivity index (χ0n) is 28.2. The third-order valence-corrected chi connectivity index (χ3v) is 7.85. The third-order valence-electron chi connectivity index (χ3n) is 7.85. The molecule has 4 aromatic rings. The van der Waals surface area contributed by atoms with Crippen molar-refractivity contribution in [3.05, 3.63) is 70.3 Å². The van der Waals surface area contributed by atoms with Gasteiger partial charge in [-0.3, -0.25) is 9.36 Å². The number of carbonyl (C=O) groups excluding carboxylic acids is 2. The molecule has 0 atom stereocenters. The fourth-order valence-electron chi connectivity index (χ4n) is 5.32. The second-order valence-electron chi connectivity index (χ2n) is 11.6. The summed E-state index contributed by atoms with van der Waals surface area (Å²) in [6.45, 7) is 2.49. The summed E-state index contributed by atoms with van der Waals surface area (Å²) in [5, 5.41) is 37.8. The zero-order valence-corrected chi connectivity index (χ0v) is 28.2. The van der Waals surface area contributed by atoms with Crippen molar-refractivity contribution in [2.24, 2.45) is 0 Å². The number of ether oxygens (including phenoxy) is 6. The molecule has 268 valence electrons. The summed E-state index contributed by atoms with van der Waals surface area (Å²) < 4.78 is 36.8. The largest absolute Gasteiger partial charge is 0.508 e. The van der Waals surface area contributed by atoms with E-state index in [4.69, 9.17) is 28.4 Å². The first-order chi connectivity index (χ1) is 24.3. The van der Waals surface area contributed by atoms with Crippen LogP contribution >= 0.6 is 0 Å². The van der Waals surface area contributed by atoms with Gasteiger partial charge in [0.25, 0.3) is 0 Å². The molecular formula is C34H42N6O10. The Morgan fingerprint density at radius 3 is 1.58 bits per heavy atom. The summed E-state index contributed by atoms with van der Waals surface area (Å²) in [5.41, 5.74) is 2.76. The number of aryl methyl sites for hydroxylation is 4. The molecule has 8 bridgehead atoms. The number of phenols is 2. The van der Waals surface area contributed by atoms with E-state index in [-0.39, 0.29) is 60.6 Å². The summed E-state index contributed by atoms with van der Waals surface area (Å²) in [4.78, 5) is 25.4. The lowest BCUT2D eigenvalue weighted by Crippen LogP contribution is -2.13. The highest BCUT2D eigenvalue weighted by Gasteiger charge is 2.23. The topological polar surface area (TPSA) is 191 Å². The molecule has 0 amide bonds. The number of aromatic hydroxyl groups is 2. The van der Waals surface area contributed by atoms with E-state index in [2.05, 4.69) is 20.6 Å². The summed E-state index contributed by atoms with van der Waals surface area (Å²) in [6.07, 6.45) is 7.35. The van der Waals surface area contributed by atoms with Gasteiger partial charge in [-0.2, -0.15) is 0 Å². The van der Waals surface area contributed by atoms with E-state index in [0.717, 1.165) is 11.4 Å². The minimum absolute atomic E-state index is 0.0239. The number of fused-ring (bicyclic) bond motifs is 16. The van der Waals surface area contributed by atoms with E-state index in [0.29, 0.717) is 76.0 Å². The normalized spacial score (nSPS) is 15.6. The predicted molar refractivity (Wildman–Crippen MR) is 175 cm³/mol. The summed E-state index contributed by atoms with van der Waals surface area (Å²) in [7, 11) is 2.53. The van der Waals surface area contributed by atoms with Crippen molar-refractivity contribution < 1.29 is 48.2 Å². The van der Waals surface area contributed by atoms with E-state index < -0.39 is 11.9 Å². The second-order valence-corrected chi connectivity index (χ2v) is 11.6. The van der Waals surface area contributed by atoms with Crippen LogP contribution in [0.5, 0.6) is 23.0 Å². The molecule has 0 unspecified atom stereocenters. The first-order valence-corrected chi connectivity index (χ1v) is 16.4. The number of benzene rings is 2. The minimum atomic E-state index is -0.642. The van der Waals surface area contributed by atoms with Crippen LogP contribution in [0.15, 0.2) is 36.7 Å². The van der Waals surface area contributed by atoms with Crippen LogP contribution in [0.1, 0.15) is 68.9 Å². The number of hydrogen-bond donors (Lipinski definition) is 2. The van der Waals surface area contributed by atoms with Crippen LogP contribution in [0.4, 0.5) is 0 Å². The fraction of sp³-hybridized carbons (Fsp3) is 0.471. The van der Waals surface area contributed by atoms with Crippen LogP contribution in [0.3, 0.4) is 0 Å². The number of rotatable bonds is 2. The highest BCUT2D eigenvalue weighted by Crippen LogP contribution is 2.31. The van der Waals surface area contributed by atoms with E-state index in [1.807, 2.05) is 12.4 Å². The van der Waals surface area contributed by atoms with Gasteiger partial charge in [0.15, 0.2) is 0 Å². The van der Waals surface area contributed by atoms with Gasteiger partial charge < -0.3 is 38.6 Å². The number of hydrogen-bond acceptors (Lipinski definition) is 14. The van der Waals surface area contributed by atoms with Gasteiger partial charge in [-0.05, 0) is 49.9 Å². The maximum Gasteiger partial charge on any atom is 0.341 e. The second kappa shape index (κ2) is 18.0. The lowest BCUT2D eigenvalue weighted by atomic mass is 10.1. The molecule has 2 aromatic heterocycles. The molecule has 50 heavy (non-hydrogen) atoms. The molecular weight excluding hydrogens is 652 g/mol. The Hall–Kier alpha value is -5.22. The standard InChI is InChI=1S/C34H42N6O10/c1-45-33(43)28-17-31-29(34(44)46-2)18-30(28)49-13-5-9-39-19-25(35-37-39)7-3-11-47-21-23-15-27(41)16-24(32(23)42)22-48-12-4-8-26-20-40(38-36-26)10-6-14-50-31/h15-20,41-42H,3-14,21-22H2,1-2H3. The van der Waals surface area contributed by atoms with Crippen molar-refractivity contribution >= 4 is 11.9 Å². The van der Waals surface area contributed by atoms with Gasteiger partial charge in [0.2, 0.25) is 0 Å². The van der Waals surface area contributed by atoms with Crippen molar-refractivity contribution in [1.29, 1.82) is 0 Å². The molecule has 2 aromatic carbocycles. The predicted octanol–water partition coefficient (Wildman–Crippen LogP) is 3.40. The molecule has 4 heterocycles. The molecule has 0 saturated heterocycles. The molecule has 2 N–H and O–H groups in total. The lowest BCUT2D eigenvalue weighted by molar-refractivity contribution is 0.0578. The van der Waals surface area contributed by atoms with Gasteiger partial charge in [0.05, 0.1) is 52.0 Å².